The maximum absolute atomic E-state index is 12.4. The number of carbonyl (C=O) groups excluding carboxylic acids is 1. The fourth-order valence-corrected chi connectivity index (χ4v) is 4.15. The molecule has 1 N–H and O–H groups in total. The summed E-state index contributed by atoms with van der Waals surface area (Å²) in [7, 11) is 2.15. The molecule has 1 saturated heterocycles. The first-order valence-corrected chi connectivity index (χ1v) is 8.96. The number of nitrogens with zero attached hydrogens (tertiary/aromatic N) is 2. The normalized spacial score (nSPS) is 22.9. The van der Waals surface area contributed by atoms with Crippen molar-refractivity contribution in [2.75, 3.05) is 20.1 Å². The molecule has 3 heterocycles. The first-order valence-electron chi connectivity index (χ1n) is 8.08. The van der Waals surface area contributed by atoms with E-state index in [1.54, 1.807) is 17.5 Å². The van der Waals surface area contributed by atoms with Gasteiger partial charge in [-0.25, -0.2) is 0 Å². The minimum atomic E-state index is -0.0778. The highest BCUT2D eigenvalue weighted by molar-refractivity contribution is 7.10. The summed E-state index contributed by atoms with van der Waals surface area (Å²) in [5.41, 5.74) is 1.23. The lowest BCUT2D eigenvalue weighted by molar-refractivity contribution is -0.122. The van der Waals surface area contributed by atoms with Crippen LogP contribution in [0.1, 0.15) is 35.7 Å². The predicted molar refractivity (Wildman–Crippen MR) is 93.5 cm³/mol. The molecule has 0 spiro atoms. The molecule has 1 fully saturated rings. The van der Waals surface area contributed by atoms with Gasteiger partial charge in [0.15, 0.2) is 0 Å². The van der Waals surface area contributed by atoms with Gasteiger partial charge in [0.25, 0.3) is 0 Å². The van der Waals surface area contributed by atoms with Gasteiger partial charge in [-0.2, -0.15) is 0 Å². The van der Waals surface area contributed by atoms with Gasteiger partial charge in [0.1, 0.15) is 0 Å². The molecular formula is C18H23N3OS. The third-order valence-electron chi connectivity index (χ3n) is 4.70. The summed E-state index contributed by atoms with van der Waals surface area (Å²) < 4.78 is 0. The van der Waals surface area contributed by atoms with Crippen LogP contribution in [-0.2, 0) is 4.79 Å². The average Bonchev–Trinajstić information content (AvgIpc) is 3.22. The largest absolute Gasteiger partial charge is 0.355 e. The molecule has 122 valence electrons. The van der Waals surface area contributed by atoms with Crippen molar-refractivity contribution in [2.45, 2.75) is 25.3 Å². The van der Waals surface area contributed by atoms with Gasteiger partial charge in [-0.3, -0.25) is 14.7 Å². The van der Waals surface area contributed by atoms with Crippen LogP contribution < -0.4 is 5.32 Å². The van der Waals surface area contributed by atoms with Crippen LogP contribution in [0.2, 0.25) is 0 Å². The zero-order valence-corrected chi connectivity index (χ0v) is 14.4. The number of hydrogen-bond donors (Lipinski definition) is 1. The lowest BCUT2D eigenvalue weighted by Gasteiger charge is -2.25. The molecule has 0 aliphatic carbocycles. The molecule has 3 atom stereocenters. The van der Waals surface area contributed by atoms with Crippen LogP contribution in [0.25, 0.3) is 0 Å². The molecule has 2 aromatic heterocycles. The number of carbonyl (C=O) groups is 1. The monoisotopic (exact) mass is 329 g/mol. The van der Waals surface area contributed by atoms with E-state index >= 15 is 0 Å². The number of aromatic nitrogens is 1. The van der Waals surface area contributed by atoms with Gasteiger partial charge in [-0.15, -0.1) is 11.3 Å². The lowest BCUT2D eigenvalue weighted by Crippen LogP contribution is -2.34. The van der Waals surface area contributed by atoms with E-state index < -0.39 is 0 Å². The summed E-state index contributed by atoms with van der Waals surface area (Å²) >= 11 is 1.64. The Labute approximate surface area is 141 Å². The van der Waals surface area contributed by atoms with Crippen LogP contribution in [0.4, 0.5) is 0 Å². The van der Waals surface area contributed by atoms with Gasteiger partial charge in [0.05, 0.1) is 5.92 Å². The molecule has 3 rings (SSSR count). The van der Waals surface area contributed by atoms with Crippen LogP contribution in [0.15, 0.2) is 42.0 Å². The Hall–Kier alpha value is -1.72. The smallest absolute Gasteiger partial charge is 0.228 e. The standard InChI is InChI=1S/C18H23N3OS/c1-13(16-6-4-10-23-16)18(22)20-12-15-7-9-21(2)17(15)14-5-3-8-19-11-14/h3-6,8,10-11,13,15,17H,7,9,12H2,1-2H3,(H,20,22)/t13-,15+,17+/m1/s1. The van der Waals surface area contributed by atoms with Gasteiger partial charge >= 0.3 is 0 Å². The Morgan fingerprint density at radius 1 is 1.48 bits per heavy atom. The van der Waals surface area contributed by atoms with Crippen LogP contribution in [0.5, 0.6) is 0 Å². The summed E-state index contributed by atoms with van der Waals surface area (Å²) in [5, 5.41) is 5.17. The number of likely N-dealkylation sites (tertiary alicyclic amines) is 1. The highest BCUT2D eigenvalue weighted by atomic mass is 32.1. The minimum absolute atomic E-state index is 0.0778. The van der Waals surface area contributed by atoms with Crippen molar-refractivity contribution in [3.8, 4) is 0 Å². The molecule has 5 heteroatoms. The van der Waals surface area contributed by atoms with Gasteiger partial charge in [-0.05, 0) is 55.9 Å². The maximum Gasteiger partial charge on any atom is 0.228 e. The maximum atomic E-state index is 12.4. The summed E-state index contributed by atoms with van der Waals surface area (Å²) in [4.78, 5) is 20.1. The first-order chi connectivity index (χ1) is 11.2. The number of amides is 1. The number of hydrogen-bond acceptors (Lipinski definition) is 4. The van der Waals surface area contributed by atoms with E-state index in [9.17, 15) is 4.79 Å². The molecule has 0 bridgehead atoms. The third-order valence-corrected chi connectivity index (χ3v) is 5.76. The number of rotatable bonds is 5. The van der Waals surface area contributed by atoms with Crippen LogP contribution >= 0.6 is 11.3 Å². The number of nitrogens with one attached hydrogen (secondary N) is 1. The van der Waals surface area contributed by atoms with Crippen LogP contribution in [0, 0.1) is 5.92 Å². The molecule has 0 unspecified atom stereocenters. The zero-order chi connectivity index (χ0) is 16.2. The fourth-order valence-electron chi connectivity index (χ4n) is 3.37. The van der Waals surface area contributed by atoms with E-state index in [-0.39, 0.29) is 11.8 Å². The van der Waals surface area contributed by atoms with Crippen molar-refractivity contribution < 1.29 is 4.79 Å². The molecule has 2 aromatic rings. The lowest BCUT2D eigenvalue weighted by atomic mass is 9.94. The summed E-state index contributed by atoms with van der Waals surface area (Å²) in [6.07, 6.45) is 4.84. The molecule has 0 aromatic carbocycles. The third kappa shape index (κ3) is 3.62. The van der Waals surface area contributed by atoms with E-state index in [1.165, 1.54) is 5.56 Å². The quantitative estimate of drug-likeness (QED) is 0.917. The van der Waals surface area contributed by atoms with Crippen molar-refractivity contribution in [2.24, 2.45) is 5.92 Å². The van der Waals surface area contributed by atoms with Crippen molar-refractivity contribution in [3.63, 3.8) is 0 Å². The Morgan fingerprint density at radius 3 is 3.04 bits per heavy atom. The second kappa shape index (κ2) is 7.23. The van der Waals surface area contributed by atoms with Gasteiger partial charge < -0.3 is 5.32 Å². The Kier molecular flexibility index (Phi) is 5.08. The van der Waals surface area contributed by atoms with Crippen LogP contribution in [0.3, 0.4) is 0 Å². The van der Waals surface area contributed by atoms with Crippen molar-refractivity contribution in [3.05, 3.63) is 52.5 Å². The van der Waals surface area contributed by atoms with E-state index in [2.05, 4.69) is 28.3 Å². The molecule has 0 radical (unpaired) electrons. The molecular weight excluding hydrogens is 306 g/mol. The minimum Gasteiger partial charge on any atom is -0.355 e. The predicted octanol–water partition coefficient (Wildman–Crippen LogP) is 3.06. The van der Waals surface area contributed by atoms with Crippen molar-refractivity contribution in [1.29, 1.82) is 0 Å². The summed E-state index contributed by atoms with van der Waals surface area (Å²) in [6, 6.07) is 8.46. The molecule has 1 aliphatic rings. The average molecular weight is 329 g/mol. The topological polar surface area (TPSA) is 45.2 Å². The second-order valence-electron chi connectivity index (χ2n) is 6.24. The van der Waals surface area contributed by atoms with Gasteiger partial charge in [-0.1, -0.05) is 12.1 Å². The zero-order valence-electron chi connectivity index (χ0n) is 13.6. The molecule has 0 saturated carbocycles. The highest BCUT2D eigenvalue weighted by Crippen LogP contribution is 2.35. The van der Waals surface area contributed by atoms with E-state index in [1.807, 2.05) is 36.7 Å². The van der Waals surface area contributed by atoms with Crippen LogP contribution in [-0.4, -0.2) is 35.9 Å². The van der Waals surface area contributed by atoms with Crippen molar-refractivity contribution in [1.82, 2.24) is 15.2 Å². The Bertz CT molecular complexity index is 629. The van der Waals surface area contributed by atoms with Gasteiger partial charge in [0.2, 0.25) is 5.91 Å². The molecule has 1 amide bonds. The number of pyridine rings is 1. The SMILES string of the molecule is C[C@@H](C(=O)NC[C@@H]1CCN(C)[C@H]1c1cccnc1)c1cccs1. The summed E-state index contributed by atoms with van der Waals surface area (Å²) in [6.45, 7) is 3.75. The van der Waals surface area contributed by atoms with Crippen molar-refractivity contribution >= 4 is 17.2 Å². The fraction of sp³-hybridized carbons (Fsp3) is 0.444. The molecule has 23 heavy (non-hydrogen) atoms. The second-order valence-corrected chi connectivity index (χ2v) is 7.22. The van der Waals surface area contributed by atoms with E-state index in [4.69, 9.17) is 0 Å². The highest BCUT2D eigenvalue weighted by Gasteiger charge is 2.33. The Morgan fingerprint density at radius 2 is 2.35 bits per heavy atom. The Balaban J connectivity index is 1.62. The molecule has 4 nitrogen and oxygen atoms in total. The molecule has 1 aliphatic heterocycles. The number of thiophene rings is 1. The summed E-state index contributed by atoms with van der Waals surface area (Å²) in [5.74, 6) is 0.474. The van der Waals surface area contributed by atoms with E-state index in [0.29, 0.717) is 12.0 Å². The van der Waals surface area contributed by atoms with E-state index in [0.717, 1.165) is 24.4 Å². The first kappa shape index (κ1) is 16.1. The van der Waals surface area contributed by atoms with Gasteiger partial charge in [0, 0.05) is 29.9 Å².